The molecule has 0 fully saturated rings. The summed E-state index contributed by atoms with van der Waals surface area (Å²) in [4.78, 5) is 0. The minimum Gasteiger partial charge on any atom is -0.493 e. The van der Waals surface area contributed by atoms with Crippen molar-refractivity contribution < 1.29 is 9.47 Å². The summed E-state index contributed by atoms with van der Waals surface area (Å²) in [6, 6.07) is 15.2. The maximum Gasteiger partial charge on any atom is 0.161 e. The average Bonchev–Trinajstić information content (AvgIpc) is 2.55. The van der Waals surface area contributed by atoms with Crippen LogP contribution >= 0.6 is 0 Å². The van der Waals surface area contributed by atoms with Crippen molar-refractivity contribution in [2.45, 2.75) is 18.9 Å². The molecule has 0 saturated heterocycles. The highest BCUT2D eigenvalue weighted by Crippen LogP contribution is 2.36. The monoisotopic (exact) mass is 283 g/mol. The molecule has 2 aromatic rings. The molecule has 0 aliphatic carbocycles. The van der Waals surface area contributed by atoms with Crippen molar-refractivity contribution in [3.63, 3.8) is 0 Å². The Kier molecular flexibility index (Phi) is 4.11. The van der Waals surface area contributed by atoms with Crippen LogP contribution in [0, 0.1) is 0 Å². The van der Waals surface area contributed by atoms with E-state index in [1.54, 1.807) is 14.2 Å². The summed E-state index contributed by atoms with van der Waals surface area (Å²) in [5.74, 6) is 1.62. The first-order chi connectivity index (χ1) is 10.3. The number of fused-ring (bicyclic) bond motifs is 1. The SMILES string of the molecule is COc1cc2c(cc1OC)[C@@H](Cc1ccccc1)NCC2. The highest BCUT2D eigenvalue weighted by atomic mass is 16.5. The molecule has 1 N–H and O–H groups in total. The van der Waals surface area contributed by atoms with Crippen LogP contribution in [0.5, 0.6) is 11.5 Å². The first-order valence-electron chi connectivity index (χ1n) is 7.34. The summed E-state index contributed by atoms with van der Waals surface area (Å²) >= 11 is 0. The van der Waals surface area contributed by atoms with E-state index in [0.29, 0.717) is 6.04 Å². The zero-order valence-electron chi connectivity index (χ0n) is 12.6. The standard InChI is InChI=1S/C18H21NO2/c1-20-17-11-14-8-9-19-16(15(14)12-18(17)21-2)10-13-6-4-3-5-7-13/h3-7,11-12,16,19H,8-10H2,1-2H3/t16-/m1/s1. The quantitative estimate of drug-likeness (QED) is 0.935. The van der Waals surface area contributed by atoms with E-state index >= 15 is 0 Å². The number of benzene rings is 2. The third-order valence-corrected chi connectivity index (χ3v) is 4.09. The molecule has 0 amide bonds. The third kappa shape index (κ3) is 2.88. The molecule has 21 heavy (non-hydrogen) atoms. The van der Waals surface area contributed by atoms with Gasteiger partial charge in [0.05, 0.1) is 14.2 Å². The molecule has 3 rings (SSSR count). The third-order valence-electron chi connectivity index (χ3n) is 4.09. The van der Waals surface area contributed by atoms with E-state index in [0.717, 1.165) is 30.9 Å². The van der Waals surface area contributed by atoms with Crippen LogP contribution in [0.25, 0.3) is 0 Å². The largest absolute Gasteiger partial charge is 0.493 e. The van der Waals surface area contributed by atoms with Gasteiger partial charge >= 0.3 is 0 Å². The lowest BCUT2D eigenvalue weighted by molar-refractivity contribution is 0.352. The Morgan fingerprint density at radius 3 is 2.48 bits per heavy atom. The van der Waals surface area contributed by atoms with Gasteiger partial charge in [0.1, 0.15) is 0 Å². The molecule has 3 nitrogen and oxygen atoms in total. The number of nitrogens with one attached hydrogen (secondary N) is 1. The number of methoxy groups -OCH3 is 2. The summed E-state index contributed by atoms with van der Waals surface area (Å²) in [5.41, 5.74) is 4.02. The Morgan fingerprint density at radius 1 is 1.05 bits per heavy atom. The molecule has 110 valence electrons. The molecule has 0 bridgehead atoms. The lowest BCUT2D eigenvalue weighted by atomic mass is 9.90. The van der Waals surface area contributed by atoms with Gasteiger partial charge in [0.25, 0.3) is 0 Å². The predicted octanol–water partition coefficient (Wildman–Crippen LogP) is 3.13. The van der Waals surface area contributed by atoms with E-state index in [1.165, 1.54) is 16.7 Å². The fourth-order valence-corrected chi connectivity index (χ4v) is 3.00. The fourth-order valence-electron chi connectivity index (χ4n) is 3.00. The smallest absolute Gasteiger partial charge is 0.161 e. The fraction of sp³-hybridized carbons (Fsp3) is 0.333. The minimum atomic E-state index is 0.330. The van der Waals surface area contributed by atoms with Crippen molar-refractivity contribution in [3.05, 3.63) is 59.2 Å². The van der Waals surface area contributed by atoms with Gasteiger partial charge in [-0.25, -0.2) is 0 Å². The van der Waals surface area contributed by atoms with Crippen LogP contribution in [0.3, 0.4) is 0 Å². The number of hydrogen-bond donors (Lipinski definition) is 1. The normalized spacial score (nSPS) is 17.1. The summed E-state index contributed by atoms with van der Waals surface area (Å²) in [6.45, 7) is 1.000. The molecular formula is C18H21NO2. The lowest BCUT2D eigenvalue weighted by Crippen LogP contribution is -2.31. The Morgan fingerprint density at radius 2 is 1.76 bits per heavy atom. The summed E-state index contributed by atoms with van der Waals surface area (Å²) in [7, 11) is 3.37. The molecule has 1 heterocycles. The maximum absolute atomic E-state index is 5.45. The van der Waals surface area contributed by atoms with E-state index in [2.05, 4.69) is 47.8 Å². The molecule has 0 aromatic heterocycles. The Balaban J connectivity index is 1.93. The van der Waals surface area contributed by atoms with Gasteiger partial charge < -0.3 is 14.8 Å². The summed E-state index contributed by atoms with van der Waals surface area (Å²) in [6.07, 6.45) is 2.02. The zero-order valence-corrected chi connectivity index (χ0v) is 12.6. The van der Waals surface area contributed by atoms with E-state index < -0.39 is 0 Å². The topological polar surface area (TPSA) is 30.5 Å². The Bertz CT molecular complexity index is 610. The molecule has 1 atom stereocenters. The first kappa shape index (κ1) is 14.0. The maximum atomic E-state index is 5.45. The molecule has 1 aliphatic rings. The van der Waals surface area contributed by atoms with E-state index in [1.807, 2.05) is 0 Å². The van der Waals surface area contributed by atoms with Crippen LogP contribution in [0.1, 0.15) is 22.7 Å². The van der Waals surface area contributed by atoms with Gasteiger partial charge in [0.15, 0.2) is 11.5 Å². The number of rotatable bonds is 4. The molecule has 0 unspecified atom stereocenters. The van der Waals surface area contributed by atoms with Crippen LogP contribution in [-0.2, 0) is 12.8 Å². The lowest BCUT2D eigenvalue weighted by Gasteiger charge is -2.28. The molecule has 0 saturated carbocycles. The number of ether oxygens (including phenoxy) is 2. The Hall–Kier alpha value is -2.00. The number of hydrogen-bond acceptors (Lipinski definition) is 3. The minimum absolute atomic E-state index is 0.330. The summed E-state index contributed by atoms with van der Waals surface area (Å²) in [5, 5.41) is 3.62. The van der Waals surface area contributed by atoms with E-state index in [-0.39, 0.29) is 0 Å². The second-order valence-electron chi connectivity index (χ2n) is 5.35. The second kappa shape index (κ2) is 6.19. The average molecular weight is 283 g/mol. The van der Waals surface area contributed by atoms with Gasteiger partial charge in [-0.2, -0.15) is 0 Å². The van der Waals surface area contributed by atoms with Crippen LogP contribution in [0.15, 0.2) is 42.5 Å². The molecule has 1 aliphatic heterocycles. The predicted molar refractivity (Wildman–Crippen MR) is 84.1 cm³/mol. The van der Waals surface area contributed by atoms with Gasteiger partial charge in [-0.15, -0.1) is 0 Å². The Labute approximate surface area is 125 Å². The molecular weight excluding hydrogens is 262 g/mol. The van der Waals surface area contributed by atoms with Crippen molar-refractivity contribution in [3.8, 4) is 11.5 Å². The first-order valence-corrected chi connectivity index (χ1v) is 7.34. The van der Waals surface area contributed by atoms with Crippen LogP contribution in [0.2, 0.25) is 0 Å². The highest BCUT2D eigenvalue weighted by Gasteiger charge is 2.22. The van der Waals surface area contributed by atoms with E-state index in [9.17, 15) is 0 Å². The van der Waals surface area contributed by atoms with Crippen LogP contribution in [0.4, 0.5) is 0 Å². The van der Waals surface area contributed by atoms with Crippen molar-refractivity contribution in [1.82, 2.24) is 5.32 Å². The van der Waals surface area contributed by atoms with Crippen molar-refractivity contribution in [2.75, 3.05) is 20.8 Å². The van der Waals surface area contributed by atoms with E-state index in [4.69, 9.17) is 9.47 Å². The van der Waals surface area contributed by atoms with Gasteiger partial charge in [-0.05, 0) is 48.2 Å². The summed E-state index contributed by atoms with van der Waals surface area (Å²) < 4.78 is 10.9. The van der Waals surface area contributed by atoms with Gasteiger partial charge in [-0.1, -0.05) is 30.3 Å². The van der Waals surface area contributed by atoms with Gasteiger partial charge in [-0.3, -0.25) is 0 Å². The van der Waals surface area contributed by atoms with Crippen molar-refractivity contribution in [2.24, 2.45) is 0 Å². The van der Waals surface area contributed by atoms with Crippen molar-refractivity contribution in [1.29, 1.82) is 0 Å². The van der Waals surface area contributed by atoms with Crippen LogP contribution in [-0.4, -0.2) is 20.8 Å². The molecule has 0 spiro atoms. The highest BCUT2D eigenvalue weighted by molar-refractivity contribution is 5.49. The van der Waals surface area contributed by atoms with Crippen LogP contribution < -0.4 is 14.8 Å². The van der Waals surface area contributed by atoms with Gasteiger partial charge in [0.2, 0.25) is 0 Å². The molecule has 0 radical (unpaired) electrons. The zero-order chi connectivity index (χ0) is 14.7. The van der Waals surface area contributed by atoms with Gasteiger partial charge in [0, 0.05) is 6.04 Å². The second-order valence-corrected chi connectivity index (χ2v) is 5.35. The molecule has 2 aromatic carbocycles. The molecule has 3 heteroatoms. The van der Waals surface area contributed by atoms with Crippen molar-refractivity contribution >= 4 is 0 Å².